The van der Waals surface area contributed by atoms with Gasteiger partial charge in [-0.2, -0.15) is 114 Å². The summed E-state index contributed by atoms with van der Waals surface area (Å²) >= 11 is 0. The van der Waals surface area contributed by atoms with Crippen LogP contribution < -0.4 is 0 Å². The van der Waals surface area contributed by atoms with E-state index in [1.54, 1.807) is 0 Å². The second-order valence-electron chi connectivity index (χ2n) is 10.7. The maximum absolute atomic E-state index is 13.3. The molecule has 0 bridgehead atoms. The molecule has 0 radical (unpaired) electrons. The van der Waals surface area contributed by atoms with Gasteiger partial charge in [0.1, 0.15) is 13.2 Å². The Hall–Kier alpha value is -4.75. The fourth-order valence-corrected chi connectivity index (χ4v) is 3.53. The summed E-state index contributed by atoms with van der Waals surface area (Å²) in [6.45, 7) is -3.91. The highest BCUT2D eigenvalue weighted by Gasteiger charge is 2.85. The number of rotatable bonds is 2. The molecule has 0 N–H and O–H groups in total. The van der Waals surface area contributed by atoms with E-state index < -0.39 is 133 Å². The van der Waals surface area contributed by atoms with E-state index in [9.17, 15) is 127 Å². The van der Waals surface area contributed by atoms with Crippen molar-refractivity contribution in [1.82, 2.24) is 0 Å². The first-order valence-electron chi connectivity index (χ1n) is 13.7. The van der Waals surface area contributed by atoms with Crippen molar-refractivity contribution in [1.29, 1.82) is 0 Å². The van der Waals surface area contributed by atoms with E-state index in [-0.39, 0.29) is 6.92 Å². The summed E-state index contributed by atoms with van der Waals surface area (Å²) in [6, 6.07) is 0. The Bertz CT molecular complexity index is 1700. The summed E-state index contributed by atoms with van der Waals surface area (Å²) in [5.41, 5.74) is 0. The highest BCUT2D eigenvalue weighted by Crippen LogP contribution is 2.58. The van der Waals surface area contributed by atoms with Gasteiger partial charge >= 0.3 is 120 Å². The third kappa shape index (κ3) is 9.89. The molecular weight excluding hydrogens is 987 g/mol. The van der Waals surface area contributed by atoms with Gasteiger partial charge in [-0.25, -0.2) is 0 Å². The van der Waals surface area contributed by atoms with E-state index in [0.29, 0.717) is 0 Å². The summed E-state index contributed by atoms with van der Waals surface area (Å²) in [6.07, 6.45) is -44.5. The summed E-state index contributed by atoms with van der Waals surface area (Å²) in [4.78, 5) is 0. The summed E-state index contributed by atoms with van der Waals surface area (Å²) in [5.74, 6) is -36.0. The number of fused-ring (bicyclic) bond motifs is 1. The molecule has 362 valence electrons. The molecule has 0 aliphatic carbocycles. The Balaban J connectivity index is 0.000000285. The lowest BCUT2D eigenvalue weighted by Gasteiger charge is -2.26. The summed E-state index contributed by atoms with van der Waals surface area (Å²) in [5, 5.41) is 0. The minimum absolute atomic E-state index is 0.00354. The summed E-state index contributed by atoms with van der Waals surface area (Å²) < 4.78 is 385. The molecule has 10 nitrogen and oxygen atoms in total. The first-order chi connectivity index (χ1) is 27.2. The second kappa shape index (κ2) is 16.1. The highest BCUT2D eigenvalue weighted by atomic mass is 19.4. The van der Waals surface area contributed by atoms with Gasteiger partial charge in [0, 0.05) is 6.92 Å². The lowest BCUT2D eigenvalue weighted by atomic mass is 10.1. The molecule has 6 atom stereocenters. The highest BCUT2D eigenvalue weighted by molar-refractivity contribution is 5.10. The van der Waals surface area contributed by atoms with Crippen LogP contribution in [0.1, 0.15) is 6.92 Å². The number of hydrogen-bond acceptors (Lipinski definition) is 10. The van der Waals surface area contributed by atoms with Crippen LogP contribution in [0, 0.1) is 0 Å². The second-order valence-corrected chi connectivity index (χ2v) is 10.7. The van der Waals surface area contributed by atoms with Gasteiger partial charge in [0.2, 0.25) is 0 Å². The largest absolute Gasteiger partial charge is 0.522 e. The molecule has 0 aromatic rings. The van der Waals surface area contributed by atoms with Crippen molar-refractivity contribution in [3.05, 3.63) is 48.1 Å². The third-order valence-electron chi connectivity index (χ3n) is 6.38. The van der Waals surface area contributed by atoms with Crippen LogP contribution >= 0.6 is 0 Å². The Morgan fingerprint density at radius 1 is 0.468 bits per heavy atom. The van der Waals surface area contributed by atoms with Crippen molar-refractivity contribution in [2.45, 2.75) is 79.1 Å². The maximum Gasteiger partial charge on any atom is 0.522 e. The molecule has 5 fully saturated rings. The van der Waals surface area contributed by atoms with Crippen LogP contribution in [0.4, 0.5) is 127 Å². The quantitative estimate of drug-likeness (QED) is 0.249. The molecule has 39 heteroatoms. The zero-order chi connectivity index (χ0) is 49.1. The molecule has 62 heavy (non-hydrogen) atoms. The number of halogens is 29. The average Bonchev–Trinajstić information content (AvgIpc) is 3.73. The Morgan fingerprint density at radius 2 is 0.839 bits per heavy atom. The van der Waals surface area contributed by atoms with Crippen molar-refractivity contribution >= 4 is 0 Å². The van der Waals surface area contributed by atoms with Crippen molar-refractivity contribution < 1.29 is 175 Å². The first kappa shape index (κ1) is 53.4. The van der Waals surface area contributed by atoms with Crippen LogP contribution in [0.25, 0.3) is 0 Å². The number of alkyl halides is 21. The minimum Gasteiger partial charge on any atom is -0.417 e. The van der Waals surface area contributed by atoms with E-state index in [1.807, 2.05) is 0 Å². The lowest BCUT2D eigenvalue weighted by molar-refractivity contribution is -0.393. The van der Waals surface area contributed by atoms with Gasteiger partial charge in [-0.3, -0.25) is 4.74 Å². The smallest absolute Gasteiger partial charge is 0.417 e. The van der Waals surface area contributed by atoms with Crippen molar-refractivity contribution in [3.8, 4) is 0 Å². The first-order valence-corrected chi connectivity index (χ1v) is 13.7. The Kier molecular flexibility index (Phi) is 13.9. The average molecular weight is 994 g/mol. The van der Waals surface area contributed by atoms with Crippen LogP contribution in [0.3, 0.4) is 0 Å². The minimum atomic E-state index is -6.21. The van der Waals surface area contributed by atoms with Crippen LogP contribution in [0.2, 0.25) is 0 Å². The van der Waals surface area contributed by atoms with Crippen molar-refractivity contribution in [2.24, 2.45) is 0 Å². The SMILES string of the molecule is CC1(F)OC(=C(F)F)OC1(F)C(F)(F)F.FC(F)=C1OC(F)(F)C(F)(C(F)(F)F)O1.FC(F)=C1OC(F)(F)C(F)(COC(F)(F)F)O1.FC(F)=C1OC2(F)COC(F)(F)C2(F)O1. The predicted molar refractivity (Wildman–Crippen MR) is 119 cm³/mol. The Labute approximate surface area is 316 Å². The van der Waals surface area contributed by atoms with Crippen LogP contribution in [-0.2, 0) is 47.4 Å². The normalized spacial score (nSPS) is 33.7. The van der Waals surface area contributed by atoms with E-state index in [4.69, 9.17) is 0 Å². The van der Waals surface area contributed by atoms with Gasteiger partial charge in [0.15, 0.2) is 0 Å². The standard InChI is InChI=1S/C6H2F8O3.C6H3F7O2.C6H2F6O3.C5F8O2/c7-2(8)3-16-4(9,5(10,11)17-3)1-15-6(12,13)14;1-4(9)5(10,6(11,12)13)15-3(14-4)2(7)8;7-2(8)3-14-4(9)1-13-6(11,12)5(4,10)15-3;6-1(7)2-14-3(8,4(9,10)11)5(12,13)15-2/h1H2;1H3;1H2;. The number of hydrogen-bond donors (Lipinski definition) is 0. The van der Waals surface area contributed by atoms with Gasteiger partial charge < -0.3 is 42.6 Å². The molecular formula is C23H7F29O10. The van der Waals surface area contributed by atoms with Crippen LogP contribution in [-0.4, -0.2) is 85.4 Å². The molecule has 5 aliphatic heterocycles. The molecule has 0 aromatic heterocycles. The van der Waals surface area contributed by atoms with Gasteiger partial charge in [-0.05, 0) is 0 Å². The van der Waals surface area contributed by atoms with Crippen molar-refractivity contribution in [2.75, 3.05) is 13.2 Å². The zero-order valence-corrected chi connectivity index (χ0v) is 27.5. The Morgan fingerprint density at radius 3 is 1.15 bits per heavy atom. The molecule has 6 unspecified atom stereocenters. The monoisotopic (exact) mass is 994 g/mol. The van der Waals surface area contributed by atoms with Crippen LogP contribution in [0.5, 0.6) is 0 Å². The topological polar surface area (TPSA) is 92.3 Å². The summed E-state index contributed by atoms with van der Waals surface area (Å²) in [7, 11) is 0. The van der Waals surface area contributed by atoms with Gasteiger partial charge in [0.25, 0.3) is 0 Å². The van der Waals surface area contributed by atoms with Gasteiger partial charge in [-0.15, -0.1) is 13.2 Å². The van der Waals surface area contributed by atoms with E-state index in [2.05, 4.69) is 47.4 Å². The lowest BCUT2D eigenvalue weighted by Crippen LogP contribution is -2.53. The van der Waals surface area contributed by atoms with Gasteiger partial charge in [0.05, 0.1) is 0 Å². The third-order valence-corrected chi connectivity index (χ3v) is 6.38. The predicted octanol–water partition coefficient (Wildman–Crippen LogP) is 10.9. The molecule has 5 rings (SSSR count). The molecule has 5 heterocycles. The maximum atomic E-state index is 13.3. The van der Waals surface area contributed by atoms with E-state index in [0.717, 1.165) is 0 Å². The molecule has 5 aliphatic rings. The molecule has 0 aromatic carbocycles. The fourth-order valence-electron chi connectivity index (χ4n) is 3.53. The molecule has 0 spiro atoms. The zero-order valence-electron chi connectivity index (χ0n) is 27.5. The molecule has 5 saturated heterocycles. The van der Waals surface area contributed by atoms with E-state index >= 15 is 0 Å². The van der Waals surface area contributed by atoms with Crippen molar-refractivity contribution in [3.63, 3.8) is 0 Å². The van der Waals surface area contributed by atoms with E-state index in [1.165, 1.54) is 0 Å². The molecule has 0 amide bonds. The van der Waals surface area contributed by atoms with Crippen LogP contribution in [0.15, 0.2) is 48.1 Å². The fraction of sp³-hybridized carbons (Fsp3) is 0.652. The molecule has 0 saturated carbocycles. The number of ether oxygens (including phenoxy) is 10. The van der Waals surface area contributed by atoms with Gasteiger partial charge in [-0.1, -0.05) is 0 Å².